The van der Waals surface area contributed by atoms with E-state index in [1.165, 1.54) is 0 Å². The van der Waals surface area contributed by atoms with Gasteiger partial charge in [-0.25, -0.2) is 0 Å². The molecule has 27 valence electrons. The molecule has 0 unspecified atom stereocenters. The van der Waals surface area contributed by atoms with Gasteiger partial charge in [0.15, 0.2) is 0 Å². The van der Waals surface area contributed by atoms with Crippen molar-refractivity contribution < 1.29 is 84.0 Å². The van der Waals surface area contributed by atoms with Crippen LogP contribution in [0.15, 0.2) is 0 Å². The van der Waals surface area contributed by atoms with E-state index in [4.69, 9.17) is 12.2 Å². The van der Waals surface area contributed by atoms with E-state index in [2.05, 4.69) is 0 Å². The van der Waals surface area contributed by atoms with Crippen molar-refractivity contribution in [3.63, 3.8) is 0 Å². The minimum atomic E-state index is -3.65. The van der Waals surface area contributed by atoms with Crippen LogP contribution in [0.4, 0.5) is 0 Å². The van der Waals surface area contributed by atoms with Crippen LogP contribution < -0.4 is 8.38 Å². The number of hydrogen-bond acceptors (Lipinski definition) is 3. The van der Waals surface area contributed by atoms with Crippen molar-refractivity contribution >= 4 is 45.5 Å². The van der Waals surface area contributed by atoms with Crippen molar-refractivity contribution in [3.8, 4) is 0 Å². The van der Waals surface area contributed by atoms with Gasteiger partial charge in [-0.3, -0.25) is 0 Å². The summed E-state index contributed by atoms with van der Waals surface area (Å²) in [6.07, 6.45) is 0. The third-order valence-corrected chi connectivity index (χ3v) is 0. The summed E-state index contributed by atoms with van der Waals surface area (Å²) < 4.78 is 25.6. The minimum Gasteiger partial charge on any atom is 2.00 e. The Labute approximate surface area is 126 Å². The molecular formula is LaMnO3SrTi+7. The molecule has 0 amide bonds. The monoisotopic (exact) mass is 378 g/mol. The molecule has 0 bridgehead atoms. The standard InChI is InChI=1S/La.Mn.3O.Sr.Ti/q+3;;;2*-1;+2;+4. The molecule has 0 aromatic heterocycles. The van der Waals surface area contributed by atoms with E-state index in [1.54, 1.807) is 0 Å². The smallest absolute Gasteiger partial charge is 2.00 e. The minimum absolute atomic E-state index is 0. The van der Waals surface area contributed by atoms with Gasteiger partial charge in [0.25, 0.3) is 0 Å². The van der Waals surface area contributed by atoms with Gasteiger partial charge in [0.2, 0.25) is 0 Å². The van der Waals surface area contributed by atoms with Crippen molar-refractivity contribution in [2.75, 3.05) is 0 Å². The molecule has 0 saturated carbocycles. The molecule has 0 fully saturated rings. The second-order valence-corrected chi connectivity index (χ2v) is 0.779. The van der Waals surface area contributed by atoms with Gasteiger partial charge in [0, 0.05) is 0 Å². The van der Waals surface area contributed by atoms with Crippen LogP contribution in [0.5, 0.6) is 0 Å². The summed E-state index contributed by atoms with van der Waals surface area (Å²) in [5, 5.41) is 0. The topological polar surface area (TPSA) is 63.2 Å². The fourth-order valence-corrected chi connectivity index (χ4v) is 0. The van der Waals surface area contributed by atoms with Crippen molar-refractivity contribution in [1.82, 2.24) is 0 Å². The predicted molar refractivity (Wildman–Crippen MR) is 6.44 cm³/mol. The maximum absolute atomic E-state index is 8.52. The molecule has 0 aliphatic rings. The van der Waals surface area contributed by atoms with Crippen molar-refractivity contribution in [2.24, 2.45) is 0 Å². The van der Waals surface area contributed by atoms with E-state index in [-0.39, 0.29) is 103 Å². The molecule has 0 radical (unpaired) electrons. The average Bonchev–Trinajstić information content (AvgIpc) is 0.811. The Hall–Kier alpha value is 3.63. The Balaban J connectivity index is -0.0000000150. The van der Waals surface area contributed by atoms with Crippen LogP contribution in [0.25, 0.3) is 0 Å². The van der Waals surface area contributed by atoms with Crippen molar-refractivity contribution in [1.29, 1.82) is 0 Å². The molecule has 0 aliphatic heterocycles. The van der Waals surface area contributed by atoms with Gasteiger partial charge in [-0.1, -0.05) is 0 Å². The molecule has 0 aromatic carbocycles. The normalized spacial score (nSPS) is 5.00. The third-order valence-electron chi connectivity index (χ3n) is 0. The Kier molecular flexibility index (Phi) is 52.3. The first-order chi connectivity index (χ1) is 1.73. The zero-order valence-electron chi connectivity index (χ0n) is 3.39. The molecule has 0 heterocycles. The van der Waals surface area contributed by atoms with Crippen LogP contribution in [0, 0.1) is 35.6 Å². The second kappa shape index (κ2) is 16.3. The van der Waals surface area contributed by atoms with Gasteiger partial charge < -0.3 is 0 Å². The quantitative estimate of drug-likeness (QED) is 0.426. The SMILES string of the molecule is [La+3].[O]=[Mn]([O-])[O-].[Sr+2].[Ti+4]. The van der Waals surface area contributed by atoms with Crippen molar-refractivity contribution in [2.45, 2.75) is 0 Å². The van der Waals surface area contributed by atoms with E-state index in [0.717, 1.165) is 0 Å². The van der Waals surface area contributed by atoms with Crippen LogP contribution in [0.1, 0.15) is 0 Å². The van der Waals surface area contributed by atoms with E-state index in [0.29, 0.717) is 0 Å². The maximum atomic E-state index is 8.52. The molecule has 0 atom stereocenters. The summed E-state index contributed by atoms with van der Waals surface area (Å²) in [4.78, 5) is 0. The molecule has 0 aliphatic carbocycles. The van der Waals surface area contributed by atoms with Crippen LogP contribution in [-0.4, -0.2) is 45.5 Å². The average molecular weight is 377 g/mol. The van der Waals surface area contributed by atoms with E-state index >= 15 is 0 Å². The summed E-state index contributed by atoms with van der Waals surface area (Å²) >= 11 is -3.65. The van der Waals surface area contributed by atoms with Gasteiger partial charge in [-0.15, -0.1) is 0 Å². The van der Waals surface area contributed by atoms with E-state index in [1.807, 2.05) is 0 Å². The molecule has 7 heteroatoms. The number of rotatable bonds is 0. The summed E-state index contributed by atoms with van der Waals surface area (Å²) in [6, 6.07) is 0. The Morgan fingerprint density at radius 1 is 1.29 bits per heavy atom. The number of hydrogen-bond donors (Lipinski definition) is 0. The largest absolute Gasteiger partial charge is 4.00 e. The molecule has 0 aromatic rings. The van der Waals surface area contributed by atoms with E-state index < -0.39 is 14.5 Å². The first kappa shape index (κ1) is 22.4. The first-order valence-corrected chi connectivity index (χ1v) is 1.91. The van der Waals surface area contributed by atoms with Crippen LogP contribution in [0.3, 0.4) is 0 Å². The zero-order chi connectivity index (χ0) is 3.58. The molecule has 0 N–H and O–H groups in total. The second-order valence-electron chi connectivity index (χ2n) is 0.189. The van der Waals surface area contributed by atoms with Gasteiger partial charge >= 0.3 is 130 Å². The molecule has 0 spiro atoms. The van der Waals surface area contributed by atoms with E-state index in [9.17, 15) is 0 Å². The molecular weight excluding hydrogens is 377 g/mol. The van der Waals surface area contributed by atoms with Gasteiger partial charge in [-0.2, -0.15) is 0 Å². The Bertz CT molecular complexity index is 37.9. The fraction of sp³-hybridized carbons (Fsp3) is 0. The summed E-state index contributed by atoms with van der Waals surface area (Å²) in [5.41, 5.74) is 0. The summed E-state index contributed by atoms with van der Waals surface area (Å²) in [6.45, 7) is 0. The molecule has 0 saturated heterocycles. The van der Waals surface area contributed by atoms with Gasteiger partial charge in [0.05, 0.1) is 0 Å². The van der Waals surface area contributed by atoms with Crippen LogP contribution in [0.2, 0.25) is 0 Å². The van der Waals surface area contributed by atoms with Gasteiger partial charge in [-0.05, 0) is 0 Å². The third kappa shape index (κ3) is 42.6. The predicted octanol–water partition coefficient (Wildman–Crippen LogP) is -2.88. The van der Waals surface area contributed by atoms with Crippen molar-refractivity contribution in [3.05, 3.63) is 0 Å². The summed E-state index contributed by atoms with van der Waals surface area (Å²) in [5.74, 6) is 0. The van der Waals surface area contributed by atoms with Crippen LogP contribution in [-0.2, 0) is 40.0 Å². The summed E-state index contributed by atoms with van der Waals surface area (Å²) in [7, 11) is 0. The zero-order valence-corrected chi connectivity index (χ0v) is 13.2. The first-order valence-electron chi connectivity index (χ1n) is 0.463. The van der Waals surface area contributed by atoms with Crippen LogP contribution >= 0.6 is 0 Å². The Morgan fingerprint density at radius 2 is 1.29 bits per heavy atom. The maximum Gasteiger partial charge on any atom is 4.00 e. The Morgan fingerprint density at radius 3 is 1.29 bits per heavy atom. The fourth-order valence-electron chi connectivity index (χ4n) is 0. The molecule has 0 rings (SSSR count). The van der Waals surface area contributed by atoms with Gasteiger partial charge in [0.1, 0.15) is 0 Å². The molecule has 7 heavy (non-hydrogen) atoms. The molecule has 3 nitrogen and oxygen atoms in total.